The predicted molar refractivity (Wildman–Crippen MR) is 78.1 cm³/mol. The van der Waals surface area contributed by atoms with Gasteiger partial charge >= 0.3 is 0 Å². The summed E-state index contributed by atoms with van der Waals surface area (Å²) in [5, 5.41) is 3.24. The first kappa shape index (κ1) is 14.9. The Morgan fingerprint density at radius 3 is 2.70 bits per heavy atom. The number of halogens is 1. The summed E-state index contributed by atoms with van der Waals surface area (Å²) in [7, 11) is 0. The van der Waals surface area contributed by atoms with E-state index in [1.807, 2.05) is 0 Å². The average Bonchev–Trinajstić information content (AvgIpc) is 2.45. The Labute approximate surface area is 125 Å². The molecule has 20 heavy (non-hydrogen) atoms. The van der Waals surface area contributed by atoms with Crippen molar-refractivity contribution in [1.29, 1.82) is 0 Å². The van der Waals surface area contributed by atoms with Gasteiger partial charge in [0.25, 0.3) is 5.91 Å². The predicted octanol–water partition coefficient (Wildman–Crippen LogP) is 0.524. The summed E-state index contributed by atoms with van der Waals surface area (Å²) in [5.41, 5.74) is 5.73. The third kappa shape index (κ3) is 3.77. The second kappa shape index (κ2) is 6.81. The molecule has 1 saturated heterocycles. The monoisotopic (exact) mass is 340 g/mol. The molecule has 0 bridgehead atoms. The van der Waals surface area contributed by atoms with Crippen LogP contribution in [0.5, 0.6) is 0 Å². The average molecular weight is 341 g/mol. The number of hydrogen-bond acceptors (Lipinski definition) is 4. The maximum atomic E-state index is 12.6. The van der Waals surface area contributed by atoms with Crippen molar-refractivity contribution >= 4 is 27.7 Å². The Morgan fingerprint density at radius 1 is 1.40 bits per heavy atom. The number of nitrogens with two attached hydrogens (primary N) is 1. The molecule has 1 aromatic rings. The Morgan fingerprint density at radius 2 is 2.10 bits per heavy atom. The van der Waals surface area contributed by atoms with Crippen LogP contribution < -0.4 is 11.1 Å². The fraction of sp³-hybridized carbons (Fsp3) is 0.462. The van der Waals surface area contributed by atoms with Crippen LogP contribution >= 0.6 is 15.9 Å². The van der Waals surface area contributed by atoms with E-state index in [-0.39, 0.29) is 18.5 Å². The van der Waals surface area contributed by atoms with Gasteiger partial charge in [-0.2, -0.15) is 0 Å². The third-order valence-electron chi connectivity index (χ3n) is 3.29. The Balaban J connectivity index is 2.20. The minimum absolute atomic E-state index is 0.0373. The Hall–Kier alpha value is -1.47. The lowest BCUT2D eigenvalue weighted by molar-refractivity contribution is -0.119. The number of aromatic nitrogens is 1. The molecule has 3 N–H and O–H groups in total. The van der Waals surface area contributed by atoms with Gasteiger partial charge < -0.3 is 16.0 Å². The number of rotatable bonds is 4. The highest BCUT2D eigenvalue weighted by Crippen LogP contribution is 2.17. The fourth-order valence-corrected chi connectivity index (χ4v) is 2.71. The van der Waals surface area contributed by atoms with Gasteiger partial charge in [-0.05, 0) is 47.9 Å². The smallest absolute Gasteiger partial charge is 0.256 e. The van der Waals surface area contributed by atoms with Gasteiger partial charge in [0.1, 0.15) is 0 Å². The van der Waals surface area contributed by atoms with Crippen molar-refractivity contribution in [2.75, 3.05) is 19.6 Å². The van der Waals surface area contributed by atoms with Crippen LogP contribution in [-0.2, 0) is 4.79 Å². The van der Waals surface area contributed by atoms with E-state index in [4.69, 9.17) is 5.73 Å². The summed E-state index contributed by atoms with van der Waals surface area (Å²) in [5.74, 6) is -0.704. The molecule has 2 rings (SSSR count). The maximum Gasteiger partial charge on any atom is 0.256 e. The molecule has 1 aliphatic rings. The van der Waals surface area contributed by atoms with Crippen molar-refractivity contribution < 1.29 is 9.59 Å². The van der Waals surface area contributed by atoms with Crippen LogP contribution in [0.25, 0.3) is 0 Å². The zero-order chi connectivity index (χ0) is 14.5. The number of piperidine rings is 1. The van der Waals surface area contributed by atoms with E-state index in [0.717, 1.165) is 30.4 Å². The topological polar surface area (TPSA) is 88.3 Å². The van der Waals surface area contributed by atoms with Gasteiger partial charge in [0, 0.05) is 22.9 Å². The van der Waals surface area contributed by atoms with Gasteiger partial charge in [0.2, 0.25) is 5.91 Å². The lowest BCUT2D eigenvalue weighted by atomic mass is 10.0. The first-order chi connectivity index (χ1) is 9.58. The number of nitrogens with one attached hydrogen (secondary N) is 1. The molecule has 7 heteroatoms. The molecule has 2 heterocycles. The van der Waals surface area contributed by atoms with Gasteiger partial charge in [0.05, 0.1) is 12.1 Å². The minimum atomic E-state index is -0.500. The van der Waals surface area contributed by atoms with Crippen LogP contribution in [0.15, 0.2) is 22.9 Å². The highest BCUT2D eigenvalue weighted by atomic mass is 79.9. The number of hydrogen-bond donors (Lipinski definition) is 2. The van der Waals surface area contributed by atoms with E-state index in [1.165, 1.54) is 6.20 Å². The summed E-state index contributed by atoms with van der Waals surface area (Å²) in [6.07, 6.45) is 4.75. The molecule has 108 valence electrons. The lowest BCUT2D eigenvalue weighted by Gasteiger charge is -2.33. The van der Waals surface area contributed by atoms with Gasteiger partial charge in [-0.3, -0.25) is 14.6 Å². The first-order valence-electron chi connectivity index (χ1n) is 6.48. The van der Waals surface area contributed by atoms with E-state index < -0.39 is 5.91 Å². The molecule has 2 amide bonds. The molecule has 0 aromatic carbocycles. The highest BCUT2D eigenvalue weighted by molar-refractivity contribution is 9.10. The number of carbonyl (C=O) groups excluding carboxylic acids is 2. The summed E-state index contributed by atoms with van der Waals surface area (Å²) in [4.78, 5) is 29.4. The van der Waals surface area contributed by atoms with E-state index in [2.05, 4.69) is 26.2 Å². The summed E-state index contributed by atoms with van der Waals surface area (Å²) in [6, 6.07) is 1.74. The molecule has 0 spiro atoms. The molecule has 1 aromatic heterocycles. The zero-order valence-electron chi connectivity index (χ0n) is 11.0. The Kier molecular flexibility index (Phi) is 5.08. The van der Waals surface area contributed by atoms with Crippen LogP contribution in [0.4, 0.5) is 0 Å². The molecule has 0 atom stereocenters. The third-order valence-corrected chi connectivity index (χ3v) is 3.72. The van der Waals surface area contributed by atoms with E-state index >= 15 is 0 Å². The SMILES string of the molecule is NC(=O)CN(C(=O)c1cncc(Br)c1)C1CCNCC1. The van der Waals surface area contributed by atoms with Gasteiger partial charge in [-0.15, -0.1) is 0 Å². The number of nitrogens with zero attached hydrogens (tertiary/aromatic N) is 2. The van der Waals surface area contributed by atoms with Crippen LogP contribution in [0.1, 0.15) is 23.2 Å². The van der Waals surface area contributed by atoms with Crippen LogP contribution in [0.2, 0.25) is 0 Å². The largest absolute Gasteiger partial charge is 0.368 e. The lowest BCUT2D eigenvalue weighted by Crippen LogP contribution is -2.49. The Bertz CT molecular complexity index is 503. The number of carbonyl (C=O) groups is 2. The van der Waals surface area contributed by atoms with Crippen LogP contribution in [0, 0.1) is 0 Å². The summed E-state index contributed by atoms with van der Waals surface area (Å²) in [6.45, 7) is 1.61. The fourth-order valence-electron chi connectivity index (χ4n) is 2.35. The molecular weight excluding hydrogens is 324 g/mol. The van der Waals surface area contributed by atoms with Crippen molar-refractivity contribution in [3.8, 4) is 0 Å². The van der Waals surface area contributed by atoms with Gasteiger partial charge in [-0.25, -0.2) is 0 Å². The van der Waals surface area contributed by atoms with Crippen molar-refractivity contribution in [3.63, 3.8) is 0 Å². The van der Waals surface area contributed by atoms with Crippen molar-refractivity contribution in [2.45, 2.75) is 18.9 Å². The summed E-state index contributed by atoms with van der Waals surface area (Å²) < 4.78 is 0.729. The number of primary amides is 1. The molecular formula is C13H17BrN4O2. The first-order valence-corrected chi connectivity index (χ1v) is 7.28. The highest BCUT2D eigenvalue weighted by Gasteiger charge is 2.27. The van der Waals surface area contributed by atoms with Crippen molar-refractivity contribution in [1.82, 2.24) is 15.2 Å². The molecule has 1 aliphatic heterocycles. The minimum Gasteiger partial charge on any atom is -0.368 e. The second-order valence-corrected chi connectivity index (χ2v) is 5.69. The normalized spacial score (nSPS) is 15.8. The van der Waals surface area contributed by atoms with Crippen molar-refractivity contribution in [3.05, 3.63) is 28.5 Å². The van der Waals surface area contributed by atoms with E-state index in [1.54, 1.807) is 17.2 Å². The molecule has 0 unspecified atom stereocenters. The molecule has 0 saturated carbocycles. The van der Waals surface area contributed by atoms with Gasteiger partial charge in [-0.1, -0.05) is 0 Å². The number of pyridine rings is 1. The quantitative estimate of drug-likeness (QED) is 0.836. The molecule has 0 radical (unpaired) electrons. The van der Waals surface area contributed by atoms with Gasteiger partial charge in [0.15, 0.2) is 0 Å². The summed E-state index contributed by atoms with van der Waals surface area (Å²) >= 11 is 3.29. The van der Waals surface area contributed by atoms with Crippen LogP contribution in [0.3, 0.4) is 0 Å². The van der Waals surface area contributed by atoms with Crippen LogP contribution in [-0.4, -0.2) is 47.4 Å². The zero-order valence-corrected chi connectivity index (χ0v) is 12.6. The number of amides is 2. The van der Waals surface area contributed by atoms with E-state index in [9.17, 15) is 9.59 Å². The molecule has 6 nitrogen and oxygen atoms in total. The molecule has 1 fully saturated rings. The second-order valence-electron chi connectivity index (χ2n) is 4.77. The molecule has 0 aliphatic carbocycles. The van der Waals surface area contributed by atoms with Crippen molar-refractivity contribution in [2.24, 2.45) is 5.73 Å². The van der Waals surface area contributed by atoms with E-state index in [0.29, 0.717) is 5.56 Å². The maximum absolute atomic E-state index is 12.6. The standard InChI is InChI=1S/C13H17BrN4O2/c14-10-5-9(6-17-7-10)13(20)18(8-12(15)19)11-1-3-16-4-2-11/h5-7,11,16H,1-4,8H2,(H2,15,19).